The molecule has 0 saturated carbocycles. The van der Waals surface area contributed by atoms with E-state index in [1.165, 1.54) is 7.11 Å². The summed E-state index contributed by atoms with van der Waals surface area (Å²) in [5.41, 5.74) is 7.20. The molecule has 0 unspecified atom stereocenters. The smallest absolute Gasteiger partial charge is 0.248 e. The van der Waals surface area contributed by atoms with Crippen molar-refractivity contribution < 1.29 is 9.53 Å². The summed E-state index contributed by atoms with van der Waals surface area (Å²) < 4.78 is 4.92. The highest BCUT2D eigenvalue weighted by atomic mass is 16.5. The van der Waals surface area contributed by atoms with Crippen LogP contribution in [0.5, 0.6) is 5.88 Å². The Morgan fingerprint density at radius 3 is 2.29 bits per heavy atom. The van der Waals surface area contributed by atoms with Gasteiger partial charge in [-0.3, -0.25) is 4.79 Å². The molecule has 0 atom stereocenters. The quantitative estimate of drug-likeness (QED) is 0.859. The van der Waals surface area contributed by atoms with E-state index in [9.17, 15) is 4.79 Å². The Bertz CT molecular complexity index is 520. The molecule has 0 bridgehead atoms. The van der Waals surface area contributed by atoms with Crippen LogP contribution in [0.15, 0.2) is 36.4 Å². The summed E-state index contributed by atoms with van der Waals surface area (Å²) in [7, 11) is 1.53. The van der Waals surface area contributed by atoms with Gasteiger partial charge in [0, 0.05) is 17.2 Å². The molecule has 0 aliphatic rings. The second-order valence-corrected chi connectivity index (χ2v) is 3.40. The van der Waals surface area contributed by atoms with Crippen molar-refractivity contribution in [3.05, 3.63) is 42.0 Å². The fourth-order valence-corrected chi connectivity index (χ4v) is 1.39. The first-order valence-corrected chi connectivity index (χ1v) is 4.98. The lowest BCUT2D eigenvalue weighted by Crippen LogP contribution is -2.10. The number of rotatable bonds is 3. The Balaban J connectivity index is 2.29. The van der Waals surface area contributed by atoms with Crippen LogP contribution in [0, 0.1) is 0 Å². The fraction of sp³-hybridized carbons (Fsp3) is 0.0833. The lowest BCUT2D eigenvalue weighted by atomic mass is 10.1. The Morgan fingerprint density at radius 1 is 1.12 bits per heavy atom. The van der Waals surface area contributed by atoms with E-state index >= 15 is 0 Å². The number of nitrogens with zero attached hydrogens (tertiary/aromatic N) is 2. The second kappa shape index (κ2) is 4.61. The number of nitrogens with two attached hydrogens (primary N) is 1. The molecule has 1 heterocycles. The minimum absolute atomic E-state index is 0.447. The van der Waals surface area contributed by atoms with E-state index in [0.717, 1.165) is 5.56 Å². The third kappa shape index (κ3) is 2.39. The highest BCUT2D eigenvalue weighted by Crippen LogP contribution is 2.18. The molecular weight excluding hydrogens is 218 g/mol. The molecule has 5 heteroatoms. The molecule has 1 aromatic carbocycles. The molecule has 0 saturated heterocycles. The van der Waals surface area contributed by atoms with Gasteiger partial charge in [-0.05, 0) is 18.2 Å². The van der Waals surface area contributed by atoms with Crippen molar-refractivity contribution in [2.75, 3.05) is 7.11 Å². The first-order chi connectivity index (χ1) is 8.20. The van der Waals surface area contributed by atoms with Crippen LogP contribution < -0.4 is 10.5 Å². The lowest BCUT2D eigenvalue weighted by Gasteiger charge is -2.02. The van der Waals surface area contributed by atoms with E-state index in [1.54, 1.807) is 36.4 Å². The normalized spacial score (nSPS) is 9.94. The van der Waals surface area contributed by atoms with Gasteiger partial charge < -0.3 is 10.5 Å². The zero-order valence-electron chi connectivity index (χ0n) is 9.25. The van der Waals surface area contributed by atoms with Crippen LogP contribution >= 0.6 is 0 Å². The molecule has 1 amide bonds. The van der Waals surface area contributed by atoms with Crippen LogP contribution in [0.1, 0.15) is 10.4 Å². The van der Waals surface area contributed by atoms with Crippen LogP contribution in [0.3, 0.4) is 0 Å². The monoisotopic (exact) mass is 229 g/mol. The van der Waals surface area contributed by atoms with E-state index in [0.29, 0.717) is 17.1 Å². The molecule has 0 aliphatic carbocycles. The molecule has 0 fully saturated rings. The van der Waals surface area contributed by atoms with Gasteiger partial charge in [-0.25, -0.2) is 0 Å². The van der Waals surface area contributed by atoms with Crippen molar-refractivity contribution in [1.82, 2.24) is 10.2 Å². The van der Waals surface area contributed by atoms with Crippen molar-refractivity contribution in [3.63, 3.8) is 0 Å². The number of amides is 1. The third-order valence-electron chi connectivity index (χ3n) is 2.31. The van der Waals surface area contributed by atoms with Crippen molar-refractivity contribution in [2.24, 2.45) is 5.73 Å². The summed E-state index contributed by atoms with van der Waals surface area (Å²) in [5.74, 6) is 0.0138. The standard InChI is InChI=1S/C12H11N3O2/c1-17-11-7-6-10(14-15-11)8-2-4-9(5-3-8)12(13)16/h2-7H,1H3,(H2,13,16). The van der Waals surface area contributed by atoms with Crippen molar-refractivity contribution in [3.8, 4) is 17.1 Å². The summed E-state index contributed by atoms with van der Waals surface area (Å²) >= 11 is 0. The number of carbonyl (C=O) groups excluding carboxylic acids is 1. The van der Waals surface area contributed by atoms with E-state index < -0.39 is 5.91 Å². The van der Waals surface area contributed by atoms with Crippen molar-refractivity contribution >= 4 is 5.91 Å². The van der Waals surface area contributed by atoms with Gasteiger partial charge in [0.05, 0.1) is 12.8 Å². The molecule has 86 valence electrons. The van der Waals surface area contributed by atoms with Crippen LogP contribution in [0.4, 0.5) is 0 Å². The Labute approximate surface area is 98.2 Å². The van der Waals surface area contributed by atoms with Gasteiger partial charge in [0.15, 0.2) is 0 Å². The topological polar surface area (TPSA) is 78.1 Å². The van der Waals surface area contributed by atoms with E-state index in [-0.39, 0.29) is 0 Å². The Morgan fingerprint density at radius 2 is 1.82 bits per heavy atom. The lowest BCUT2D eigenvalue weighted by molar-refractivity contribution is 0.100. The predicted octanol–water partition coefficient (Wildman–Crippen LogP) is 1.25. The first kappa shape index (κ1) is 11.1. The number of carbonyl (C=O) groups is 1. The van der Waals surface area contributed by atoms with Crippen LogP contribution in [0.25, 0.3) is 11.3 Å². The number of aromatic nitrogens is 2. The zero-order valence-corrected chi connectivity index (χ0v) is 9.25. The number of hydrogen-bond donors (Lipinski definition) is 1. The van der Waals surface area contributed by atoms with Gasteiger partial charge in [0.25, 0.3) is 0 Å². The maximum absolute atomic E-state index is 10.9. The van der Waals surface area contributed by atoms with Crippen LogP contribution in [-0.4, -0.2) is 23.2 Å². The Hall–Kier alpha value is -2.43. The van der Waals surface area contributed by atoms with Gasteiger partial charge in [0.2, 0.25) is 11.8 Å². The minimum atomic E-state index is -0.447. The predicted molar refractivity (Wildman–Crippen MR) is 62.5 cm³/mol. The maximum Gasteiger partial charge on any atom is 0.248 e. The first-order valence-electron chi connectivity index (χ1n) is 4.98. The van der Waals surface area contributed by atoms with Crippen molar-refractivity contribution in [2.45, 2.75) is 0 Å². The summed E-state index contributed by atoms with van der Waals surface area (Å²) in [6.45, 7) is 0. The summed E-state index contributed by atoms with van der Waals surface area (Å²) in [6.07, 6.45) is 0. The zero-order chi connectivity index (χ0) is 12.3. The average molecular weight is 229 g/mol. The van der Waals surface area contributed by atoms with Crippen LogP contribution in [-0.2, 0) is 0 Å². The third-order valence-corrected chi connectivity index (χ3v) is 2.31. The molecule has 5 nitrogen and oxygen atoms in total. The molecule has 0 spiro atoms. The Kier molecular flexibility index (Phi) is 3.00. The number of primary amides is 1. The van der Waals surface area contributed by atoms with Gasteiger partial charge in [-0.1, -0.05) is 12.1 Å². The molecule has 17 heavy (non-hydrogen) atoms. The highest BCUT2D eigenvalue weighted by molar-refractivity contribution is 5.93. The minimum Gasteiger partial charge on any atom is -0.480 e. The number of methoxy groups -OCH3 is 1. The van der Waals surface area contributed by atoms with Crippen LogP contribution in [0.2, 0.25) is 0 Å². The van der Waals surface area contributed by atoms with E-state index in [4.69, 9.17) is 10.5 Å². The number of benzene rings is 1. The molecule has 2 N–H and O–H groups in total. The largest absolute Gasteiger partial charge is 0.480 e. The van der Waals surface area contributed by atoms with Crippen molar-refractivity contribution in [1.29, 1.82) is 0 Å². The summed E-state index contributed by atoms with van der Waals surface area (Å²) in [5, 5.41) is 7.87. The molecule has 2 aromatic rings. The van der Waals surface area contributed by atoms with Gasteiger partial charge in [-0.15, -0.1) is 10.2 Å². The average Bonchev–Trinajstić information content (AvgIpc) is 2.39. The molecule has 0 radical (unpaired) electrons. The second-order valence-electron chi connectivity index (χ2n) is 3.40. The number of hydrogen-bond acceptors (Lipinski definition) is 4. The summed E-state index contributed by atoms with van der Waals surface area (Å²) in [6, 6.07) is 10.4. The van der Waals surface area contributed by atoms with Gasteiger partial charge >= 0.3 is 0 Å². The van der Waals surface area contributed by atoms with E-state index in [2.05, 4.69) is 10.2 Å². The van der Waals surface area contributed by atoms with Gasteiger partial charge in [-0.2, -0.15) is 0 Å². The van der Waals surface area contributed by atoms with E-state index in [1.807, 2.05) is 0 Å². The highest BCUT2D eigenvalue weighted by Gasteiger charge is 2.03. The SMILES string of the molecule is COc1ccc(-c2ccc(C(N)=O)cc2)nn1. The molecular formula is C12H11N3O2. The molecule has 0 aliphatic heterocycles. The van der Waals surface area contributed by atoms with Gasteiger partial charge in [0.1, 0.15) is 0 Å². The number of ether oxygens (including phenoxy) is 1. The maximum atomic E-state index is 10.9. The summed E-state index contributed by atoms with van der Waals surface area (Å²) in [4.78, 5) is 10.9. The molecule has 2 rings (SSSR count). The molecule has 1 aromatic heterocycles. The fourth-order valence-electron chi connectivity index (χ4n) is 1.39.